The SMILES string of the molecule is COc1ccc(OC)c(C2(C)CC2CN)c1. The first-order chi connectivity index (χ1) is 7.65. The van der Waals surface area contributed by atoms with Crippen LogP contribution in [0.4, 0.5) is 0 Å². The molecule has 0 saturated heterocycles. The topological polar surface area (TPSA) is 44.5 Å². The maximum Gasteiger partial charge on any atom is 0.122 e. The smallest absolute Gasteiger partial charge is 0.122 e. The van der Waals surface area contributed by atoms with Gasteiger partial charge in [0.05, 0.1) is 14.2 Å². The van der Waals surface area contributed by atoms with Crippen LogP contribution < -0.4 is 15.2 Å². The number of methoxy groups -OCH3 is 2. The zero-order valence-electron chi connectivity index (χ0n) is 10.1. The van der Waals surface area contributed by atoms with E-state index in [0.29, 0.717) is 5.92 Å². The second-order valence-corrected chi connectivity index (χ2v) is 4.62. The molecule has 2 N–H and O–H groups in total. The van der Waals surface area contributed by atoms with E-state index in [-0.39, 0.29) is 5.41 Å². The number of nitrogens with two attached hydrogens (primary N) is 1. The fourth-order valence-electron chi connectivity index (χ4n) is 2.39. The Morgan fingerprint density at radius 2 is 2.12 bits per heavy atom. The van der Waals surface area contributed by atoms with Crippen molar-refractivity contribution in [1.82, 2.24) is 0 Å². The van der Waals surface area contributed by atoms with Crippen LogP contribution >= 0.6 is 0 Å². The minimum atomic E-state index is 0.161. The molecule has 0 radical (unpaired) electrons. The highest BCUT2D eigenvalue weighted by Crippen LogP contribution is 2.56. The van der Waals surface area contributed by atoms with Crippen molar-refractivity contribution < 1.29 is 9.47 Å². The molecule has 88 valence electrons. The summed E-state index contributed by atoms with van der Waals surface area (Å²) in [5, 5.41) is 0. The molecule has 1 aromatic carbocycles. The van der Waals surface area contributed by atoms with E-state index in [2.05, 4.69) is 13.0 Å². The summed E-state index contributed by atoms with van der Waals surface area (Å²) in [5.41, 5.74) is 7.11. The monoisotopic (exact) mass is 221 g/mol. The Morgan fingerprint density at radius 1 is 1.38 bits per heavy atom. The van der Waals surface area contributed by atoms with E-state index in [1.807, 2.05) is 12.1 Å². The van der Waals surface area contributed by atoms with Crippen LogP contribution in [0.5, 0.6) is 11.5 Å². The average Bonchev–Trinajstić information content (AvgIpc) is 3.01. The third-order valence-electron chi connectivity index (χ3n) is 3.72. The third kappa shape index (κ3) is 1.65. The fraction of sp³-hybridized carbons (Fsp3) is 0.538. The molecule has 1 aliphatic rings. The highest BCUT2D eigenvalue weighted by molar-refractivity contribution is 5.48. The first kappa shape index (κ1) is 11.3. The molecule has 1 fully saturated rings. The molecule has 0 aliphatic heterocycles. The Bertz CT molecular complexity index is 392. The van der Waals surface area contributed by atoms with Crippen LogP contribution in [-0.4, -0.2) is 20.8 Å². The van der Waals surface area contributed by atoms with E-state index in [0.717, 1.165) is 24.5 Å². The summed E-state index contributed by atoms with van der Waals surface area (Å²) >= 11 is 0. The van der Waals surface area contributed by atoms with Gasteiger partial charge in [-0.1, -0.05) is 6.92 Å². The van der Waals surface area contributed by atoms with Gasteiger partial charge in [-0.15, -0.1) is 0 Å². The first-order valence-corrected chi connectivity index (χ1v) is 5.58. The van der Waals surface area contributed by atoms with Gasteiger partial charge in [-0.3, -0.25) is 0 Å². The lowest BCUT2D eigenvalue weighted by Gasteiger charge is -2.17. The normalized spacial score (nSPS) is 27.6. The van der Waals surface area contributed by atoms with Gasteiger partial charge in [0.15, 0.2) is 0 Å². The van der Waals surface area contributed by atoms with Gasteiger partial charge in [0.25, 0.3) is 0 Å². The van der Waals surface area contributed by atoms with E-state index < -0.39 is 0 Å². The molecule has 2 unspecified atom stereocenters. The molecule has 1 aromatic rings. The number of hydrogen-bond donors (Lipinski definition) is 1. The van der Waals surface area contributed by atoms with Crippen molar-refractivity contribution in [2.45, 2.75) is 18.8 Å². The molecular formula is C13H19NO2. The molecule has 0 spiro atoms. The van der Waals surface area contributed by atoms with Gasteiger partial charge in [0.1, 0.15) is 11.5 Å². The molecule has 1 saturated carbocycles. The van der Waals surface area contributed by atoms with Gasteiger partial charge in [0.2, 0.25) is 0 Å². The molecular weight excluding hydrogens is 202 g/mol. The lowest BCUT2D eigenvalue weighted by atomic mass is 9.94. The van der Waals surface area contributed by atoms with E-state index in [4.69, 9.17) is 15.2 Å². The van der Waals surface area contributed by atoms with Crippen LogP contribution in [0.15, 0.2) is 18.2 Å². The Morgan fingerprint density at radius 3 is 2.62 bits per heavy atom. The molecule has 1 aliphatic carbocycles. The Hall–Kier alpha value is -1.22. The van der Waals surface area contributed by atoms with Gasteiger partial charge in [0, 0.05) is 11.0 Å². The highest BCUT2D eigenvalue weighted by Gasteiger charge is 2.51. The van der Waals surface area contributed by atoms with Gasteiger partial charge in [-0.2, -0.15) is 0 Å². The predicted octanol–water partition coefficient (Wildman–Crippen LogP) is 1.94. The maximum atomic E-state index is 5.74. The van der Waals surface area contributed by atoms with Crippen molar-refractivity contribution >= 4 is 0 Å². The summed E-state index contributed by atoms with van der Waals surface area (Å²) in [6.07, 6.45) is 1.13. The third-order valence-corrected chi connectivity index (χ3v) is 3.72. The van der Waals surface area contributed by atoms with Gasteiger partial charge < -0.3 is 15.2 Å². The van der Waals surface area contributed by atoms with Crippen LogP contribution in [0, 0.1) is 5.92 Å². The van der Waals surface area contributed by atoms with E-state index in [1.54, 1.807) is 14.2 Å². The largest absolute Gasteiger partial charge is 0.497 e. The molecule has 0 heterocycles. The predicted molar refractivity (Wildman–Crippen MR) is 64.1 cm³/mol. The molecule has 16 heavy (non-hydrogen) atoms. The Labute approximate surface area is 96.5 Å². The lowest BCUT2D eigenvalue weighted by Crippen LogP contribution is -2.13. The Balaban J connectivity index is 2.38. The van der Waals surface area contributed by atoms with Crippen molar-refractivity contribution in [3.8, 4) is 11.5 Å². The molecule has 2 atom stereocenters. The minimum absolute atomic E-state index is 0.161. The quantitative estimate of drug-likeness (QED) is 0.845. The lowest BCUT2D eigenvalue weighted by molar-refractivity contribution is 0.393. The standard InChI is InChI=1S/C13H19NO2/c1-13(7-9(13)8-14)11-6-10(15-2)4-5-12(11)16-3/h4-6,9H,7-8,14H2,1-3H3. The van der Waals surface area contributed by atoms with E-state index in [9.17, 15) is 0 Å². The minimum Gasteiger partial charge on any atom is -0.497 e. The molecule has 3 heteroatoms. The summed E-state index contributed by atoms with van der Waals surface area (Å²) in [6.45, 7) is 2.97. The zero-order chi connectivity index (χ0) is 11.8. The Kier molecular flexibility index (Phi) is 2.80. The zero-order valence-corrected chi connectivity index (χ0v) is 10.1. The van der Waals surface area contributed by atoms with Crippen molar-refractivity contribution in [1.29, 1.82) is 0 Å². The molecule has 0 aromatic heterocycles. The molecule has 2 rings (SSSR count). The maximum absolute atomic E-state index is 5.74. The second-order valence-electron chi connectivity index (χ2n) is 4.62. The first-order valence-electron chi connectivity index (χ1n) is 5.58. The molecule has 0 bridgehead atoms. The van der Waals surface area contributed by atoms with Crippen LogP contribution in [0.25, 0.3) is 0 Å². The fourth-order valence-corrected chi connectivity index (χ4v) is 2.39. The van der Waals surface area contributed by atoms with Gasteiger partial charge in [-0.05, 0) is 37.1 Å². The second kappa shape index (κ2) is 3.98. The summed E-state index contributed by atoms with van der Waals surface area (Å²) in [5.74, 6) is 2.37. The van der Waals surface area contributed by atoms with Crippen molar-refractivity contribution in [3.63, 3.8) is 0 Å². The summed E-state index contributed by atoms with van der Waals surface area (Å²) in [7, 11) is 3.38. The van der Waals surface area contributed by atoms with Crippen molar-refractivity contribution in [3.05, 3.63) is 23.8 Å². The highest BCUT2D eigenvalue weighted by atomic mass is 16.5. The van der Waals surface area contributed by atoms with Crippen LogP contribution in [-0.2, 0) is 5.41 Å². The van der Waals surface area contributed by atoms with Gasteiger partial charge in [-0.25, -0.2) is 0 Å². The van der Waals surface area contributed by atoms with Crippen molar-refractivity contribution in [2.75, 3.05) is 20.8 Å². The number of benzene rings is 1. The van der Waals surface area contributed by atoms with E-state index in [1.165, 1.54) is 5.56 Å². The molecule has 0 amide bonds. The summed E-state index contributed by atoms with van der Waals surface area (Å²) in [6, 6.07) is 5.95. The summed E-state index contributed by atoms with van der Waals surface area (Å²) < 4.78 is 10.7. The summed E-state index contributed by atoms with van der Waals surface area (Å²) in [4.78, 5) is 0. The average molecular weight is 221 g/mol. The molecule has 3 nitrogen and oxygen atoms in total. The number of ether oxygens (including phenoxy) is 2. The van der Waals surface area contributed by atoms with E-state index >= 15 is 0 Å². The van der Waals surface area contributed by atoms with Crippen LogP contribution in [0.3, 0.4) is 0 Å². The van der Waals surface area contributed by atoms with Gasteiger partial charge >= 0.3 is 0 Å². The van der Waals surface area contributed by atoms with Crippen LogP contribution in [0.2, 0.25) is 0 Å². The van der Waals surface area contributed by atoms with Crippen LogP contribution in [0.1, 0.15) is 18.9 Å². The van der Waals surface area contributed by atoms with Crippen molar-refractivity contribution in [2.24, 2.45) is 11.7 Å². The number of rotatable bonds is 4. The number of hydrogen-bond acceptors (Lipinski definition) is 3.